The lowest BCUT2D eigenvalue weighted by atomic mass is 9.76. The second-order valence-corrected chi connectivity index (χ2v) is 12.3. The van der Waals surface area contributed by atoms with E-state index in [1.807, 2.05) is 12.5 Å². The molecule has 0 N–H and O–H groups in total. The Bertz CT molecular complexity index is 2490. The highest BCUT2D eigenvalue weighted by Gasteiger charge is 2.36. The highest BCUT2D eigenvalue weighted by atomic mass is 16.5. The molecule has 3 heteroatoms. The lowest BCUT2D eigenvalue weighted by Crippen LogP contribution is -2.31. The number of allylic oxidation sites excluding steroid dienone is 2. The van der Waals surface area contributed by atoms with Crippen LogP contribution >= 0.6 is 0 Å². The quantitative estimate of drug-likeness (QED) is 0.180. The maximum absolute atomic E-state index is 6.32. The molecule has 1 atom stereocenters. The Morgan fingerprint density at radius 3 is 1.85 bits per heavy atom. The van der Waals surface area contributed by atoms with Gasteiger partial charge in [0.15, 0.2) is 0 Å². The summed E-state index contributed by atoms with van der Waals surface area (Å²) in [5, 5.41) is 2.51. The summed E-state index contributed by atoms with van der Waals surface area (Å²) in [6.07, 6.45) is 8.29. The molecule has 3 nitrogen and oxygen atoms in total. The van der Waals surface area contributed by atoms with Gasteiger partial charge in [0.05, 0.1) is 16.7 Å². The Balaban J connectivity index is 1.36. The Labute approximate surface area is 272 Å². The number of hydrogen-bond donors (Lipinski definition) is 0. The van der Waals surface area contributed by atoms with E-state index in [4.69, 9.17) is 4.74 Å². The molecular weight excluding hydrogens is 572 g/mol. The van der Waals surface area contributed by atoms with Crippen molar-refractivity contribution in [2.24, 2.45) is 0 Å². The van der Waals surface area contributed by atoms with Gasteiger partial charge in [-0.15, -0.1) is 0 Å². The van der Waals surface area contributed by atoms with Gasteiger partial charge >= 0.3 is 0 Å². The first-order valence-electron chi connectivity index (χ1n) is 16.1. The Morgan fingerprint density at radius 2 is 1.11 bits per heavy atom. The number of para-hydroxylation sites is 3. The number of nitrogens with zero attached hydrogens (tertiary/aromatic N) is 2. The third-order valence-electron chi connectivity index (χ3n) is 9.80. The molecule has 47 heavy (non-hydrogen) atoms. The third kappa shape index (κ3) is 3.84. The Kier molecular flexibility index (Phi) is 5.64. The third-order valence-corrected chi connectivity index (χ3v) is 9.80. The number of ether oxygens (including phenoxy) is 1. The molecule has 2 heterocycles. The maximum Gasteiger partial charge on any atom is 0.233 e. The summed E-state index contributed by atoms with van der Waals surface area (Å²) in [5.41, 5.74) is 15.4. The van der Waals surface area contributed by atoms with Crippen molar-refractivity contribution in [3.63, 3.8) is 0 Å². The fourth-order valence-corrected chi connectivity index (χ4v) is 7.80. The molecule has 6 aromatic carbocycles. The van der Waals surface area contributed by atoms with Gasteiger partial charge in [0.2, 0.25) is 23.7 Å². The summed E-state index contributed by atoms with van der Waals surface area (Å²) in [6.45, 7) is 0. The second kappa shape index (κ2) is 10.2. The molecule has 3 aliphatic rings. The molecule has 10 rings (SSSR count). The largest absolute Gasteiger partial charge is 0.477 e. The Hall–Kier alpha value is -6.19. The fourth-order valence-electron chi connectivity index (χ4n) is 7.80. The van der Waals surface area contributed by atoms with Crippen molar-refractivity contribution in [3.8, 4) is 27.9 Å². The van der Waals surface area contributed by atoms with Crippen molar-refractivity contribution in [2.75, 3.05) is 0 Å². The second-order valence-electron chi connectivity index (χ2n) is 12.3. The molecular formula is C44H29N2O+. The van der Waals surface area contributed by atoms with E-state index in [0.717, 1.165) is 11.4 Å². The molecule has 0 bridgehead atoms. The highest BCUT2D eigenvalue weighted by Crippen LogP contribution is 2.50. The minimum absolute atomic E-state index is 0.217. The SMILES string of the molecule is C1=C[N+](c2ccccc2)=C2C=C3C(=CC2O1)c1ccccc1-c1ccccc1-c1c3cccc1-n1c2ccccc2c2ccccc21. The van der Waals surface area contributed by atoms with Crippen LogP contribution in [-0.2, 0) is 4.74 Å². The number of fused-ring (bicyclic) bond motifs is 12. The van der Waals surface area contributed by atoms with Crippen LogP contribution in [0.25, 0.3) is 60.9 Å². The fraction of sp³-hybridized carbons (Fsp3) is 0.0227. The maximum atomic E-state index is 6.32. The van der Waals surface area contributed by atoms with Gasteiger partial charge in [-0.25, -0.2) is 0 Å². The Morgan fingerprint density at radius 1 is 0.511 bits per heavy atom. The van der Waals surface area contributed by atoms with Gasteiger partial charge in [0.1, 0.15) is 6.26 Å². The summed E-state index contributed by atoms with van der Waals surface area (Å²) < 4.78 is 11.0. The molecule has 1 aromatic heterocycles. The smallest absolute Gasteiger partial charge is 0.233 e. The van der Waals surface area contributed by atoms with Crippen molar-refractivity contribution >= 4 is 44.4 Å². The number of hydrogen-bond acceptors (Lipinski definition) is 1. The lowest BCUT2D eigenvalue weighted by Gasteiger charge is -2.30. The van der Waals surface area contributed by atoms with E-state index in [-0.39, 0.29) is 6.10 Å². The van der Waals surface area contributed by atoms with Crippen molar-refractivity contribution < 1.29 is 9.31 Å². The van der Waals surface area contributed by atoms with Gasteiger partial charge in [-0.2, -0.15) is 4.58 Å². The first-order valence-corrected chi connectivity index (χ1v) is 16.1. The molecule has 2 aliphatic carbocycles. The molecule has 0 saturated carbocycles. The van der Waals surface area contributed by atoms with E-state index in [1.54, 1.807) is 0 Å². The van der Waals surface area contributed by atoms with Crippen LogP contribution < -0.4 is 0 Å². The van der Waals surface area contributed by atoms with Gasteiger partial charge in [0, 0.05) is 34.5 Å². The number of benzene rings is 6. The zero-order valence-electron chi connectivity index (χ0n) is 25.5. The summed E-state index contributed by atoms with van der Waals surface area (Å²) in [6, 6.07) is 52.6. The molecule has 7 aromatic rings. The van der Waals surface area contributed by atoms with E-state index >= 15 is 0 Å². The predicted molar refractivity (Wildman–Crippen MR) is 193 cm³/mol. The van der Waals surface area contributed by atoms with Crippen molar-refractivity contribution in [2.45, 2.75) is 6.10 Å². The minimum Gasteiger partial charge on any atom is -0.477 e. The lowest BCUT2D eigenvalue weighted by molar-refractivity contribution is -0.370. The summed E-state index contributed by atoms with van der Waals surface area (Å²) in [4.78, 5) is 0. The van der Waals surface area contributed by atoms with Gasteiger partial charge in [-0.1, -0.05) is 115 Å². The molecule has 220 valence electrons. The molecule has 0 spiro atoms. The van der Waals surface area contributed by atoms with Crippen LogP contribution in [-0.4, -0.2) is 21.0 Å². The molecule has 1 aliphatic heterocycles. The monoisotopic (exact) mass is 601 g/mol. The average Bonchev–Trinajstić information content (AvgIpc) is 3.48. The zero-order valence-corrected chi connectivity index (χ0v) is 25.5. The van der Waals surface area contributed by atoms with Gasteiger partial charge < -0.3 is 9.30 Å². The van der Waals surface area contributed by atoms with Crippen LogP contribution in [0.3, 0.4) is 0 Å². The van der Waals surface area contributed by atoms with E-state index in [2.05, 4.69) is 167 Å². The van der Waals surface area contributed by atoms with Crippen molar-refractivity contribution in [3.05, 3.63) is 181 Å². The van der Waals surface area contributed by atoms with Crippen LogP contribution in [0.15, 0.2) is 170 Å². The van der Waals surface area contributed by atoms with E-state index in [0.29, 0.717) is 0 Å². The molecule has 0 radical (unpaired) electrons. The van der Waals surface area contributed by atoms with Crippen molar-refractivity contribution in [1.82, 2.24) is 4.57 Å². The molecule has 0 saturated heterocycles. The summed E-state index contributed by atoms with van der Waals surface area (Å²) in [5.74, 6) is 0. The molecule has 0 amide bonds. The van der Waals surface area contributed by atoms with Crippen LogP contribution in [0.2, 0.25) is 0 Å². The summed E-state index contributed by atoms with van der Waals surface area (Å²) in [7, 11) is 0. The number of rotatable bonds is 2. The number of aromatic nitrogens is 1. The van der Waals surface area contributed by atoms with Crippen LogP contribution in [0.4, 0.5) is 5.69 Å². The van der Waals surface area contributed by atoms with Gasteiger partial charge in [-0.3, -0.25) is 0 Å². The van der Waals surface area contributed by atoms with Gasteiger partial charge in [0.25, 0.3) is 0 Å². The van der Waals surface area contributed by atoms with Crippen molar-refractivity contribution in [1.29, 1.82) is 0 Å². The highest BCUT2D eigenvalue weighted by molar-refractivity contribution is 6.22. The first kappa shape index (κ1) is 26.1. The van der Waals surface area contributed by atoms with Crippen LogP contribution in [0, 0.1) is 0 Å². The van der Waals surface area contributed by atoms with Gasteiger partial charge in [-0.05, 0) is 63.2 Å². The van der Waals surface area contributed by atoms with E-state index in [9.17, 15) is 0 Å². The molecule has 0 fully saturated rings. The summed E-state index contributed by atoms with van der Waals surface area (Å²) >= 11 is 0. The standard InChI is InChI=1S/C44H29N2O/c1-2-13-29(14-3-1)45-25-26-47-43-28-38-32-17-5-4-15-30(32)31-16-6-7-20-35(31)44-36(37(38)27-42(43)45)21-12-24-41(44)46-39-22-10-8-18-33(39)34-19-9-11-23-40(34)46/h1-28,43H/q+1. The normalized spacial score (nSPS) is 16.1. The zero-order chi connectivity index (χ0) is 30.9. The van der Waals surface area contributed by atoms with E-state index < -0.39 is 0 Å². The van der Waals surface area contributed by atoms with Crippen LogP contribution in [0.5, 0.6) is 0 Å². The topological polar surface area (TPSA) is 17.2 Å². The first-order chi connectivity index (χ1) is 23.3. The predicted octanol–water partition coefficient (Wildman–Crippen LogP) is 10.6. The minimum atomic E-state index is -0.217. The molecule has 1 unspecified atom stereocenters. The van der Waals surface area contributed by atoms with E-state index in [1.165, 1.54) is 72.0 Å². The van der Waals surface area contributed by atoms with Crippen LogP contribution in [0.1, 0.15) is 11.1 Å². The average molecular weight is 602 g/mol.